The van der Waals surface area contributed by atoms with E-state index in [1.165, 1.54) is 12.8 Å². The van der Waals surface area contributed by atoms with E-state index in [0.717, 1.165) is 29.9 Å². The molecular formula is C21H29NO5. The van der Waals surface area contributed by atoms with Crippen LogP contribution in [0.2, 0.25) is 0 Å². The van der Waals surface area contributed by atoms with Gasteiger partial charge in [0.2, 0.25) is 5.91 Å². The molecule has 6 nitrogen and oxygen atoms in total. The molecular weight excluding hydrogens is 346 g/mol. The van der Waals surface area contributed by atoms with Gasteiger partial charge >= 0.3 is 5.97 Å². The maximum atomic E-state index is 12.5. The third-order valence-electron chi connectivity index (χ3n) is 5.77. The summed E-state index contributed by atoms with van der Waals surface area (Å²) in [4.78, 5) is 23.6. The predicted octanol–water partition coefficient (Wildman–Crippen LogP) is 3.52. The lowest BCUT2D eigenvalue weighted by molar-refractivity contribution is -0.144. The lowest BCUT2D eigenvalue weighted by atomic mass is 9.81. The normalized spacial score (nSPS) is 23.0. The highest BCUT2D eigenvalue weighted by Gasteiger charge is 2.29. The van der Waals surface area contributed by atoms with Gasteiger partial charge in [0, 0.05) is 24.1 Å². The lowest BCUT2D eigenvalue weighted by Gasteiger charge is -2.25. The Kier molecular flexibility index (Phi) is 6.58. The monoisotopic (exact) mass is 375 g/mol. The number of rotatable bonds is 7. The Labute approximate surface area is 160 Å². The van der Waals surface area contributed by atoms with Crippen molar-refractivity contribution in [2.75, 3.05) is 7.11 Å². The highest BCUT2D eigenvalue weighted by molar-refractivity contribution is 5.79. The zero-order valence-corrected chi connectivity index (χ0v) is 15.9. The van der Waals surface area contributed by atoms with Gasteiger partial charge in [-0.25, -0.2) is 0 Å². The van der Waals surface area contributed by atoms with Gasteiger partial charge in [0.15, 0.2) is 0 Å². The quantitative estimate of drug-likeness (QED) is 0.762. The molecule has 1 aromatic carbocycles. The van der Waals surface area contributed by atoms with Crippen LogP contribution in [-0.4, -0.2) is 30.2 Å². The van der Waals surface area contributed by atoms with Crippen LogP contribution in [0, 0.1) is 11.8 Å². The molecule has 0 aliphatic heterocycles. The van der Waals surface area contributed by atoms with Crippen molar-refractivity contribution in [1.82, 2.24) is 5.32 Å². The number of carboxylic acid groups (broad SMARTS) is 1. The van der Waals surface area contributed by atoms with Crippen molar-refractivity contribution in [1.29, 1.82) is 0 Å². The minimum atomic E-state index is -0.749. The van der Waals surface area contributed by atoms with Gasteiger partial charge in [0.25, 0.3) is 0 Å². The number of methoxy groups -OCH3 is 1. The number of carbonyl (C=O) groups excluding carboxylic acids is 1. The Bertz CT molecular complexity index is 661. The third-order valence-corrected chi connectivity index (χ3v) is 5.77. The van der Waals surface area contributed by atoms with E-state index in [9.17, 15) is 9.59 Å². The number of carbonyl (C=O) groups is 2. The van der Waals surface area contributed by atoms with E-state index in [4.69, 9.17) is 14.6 Å². The third kappa shape index (κ3) is 5.15. The van der Waals surface area contributed by atoms with Crippen LogP contribution in [0.1, 0.15) is 56.9 Å². The van der Waals surface area contributed by atoms with Crippen molar-refractivity contribution in [3.05, 3.63) is 23.8 Å². The van der Waals surface area contributed by atoms with Crippen LogP contribution in [0.3, 0.4) is 0 Å². The summed E-state index contributed by atoms with van der Waals surface area (Å²) in [5, 5.41) is 12.1. The average Bonchev–Trinajstić information content (AvgIpc) is 3.19. The second-order valence-corrected chi connectivity index (χ2v) is 7.60. The SMILES string of the molecule is COc1ccc(CNC(=O)C2CCC(C(=O)O)CC2)c(OC2CCCC2)c1. The first-order valence-electron chi connectivity index (χ1n) is 9.91. The summed E-state index contributed by atoms with van der Waals surface area (Å²) >= 11 is 0. The average molecular weight is 375 g/mol. The lowest BCUT2D eigenvalue weighted by Crippen LogP contribution is -2.34. The number of hydrogen-bond acceptors (Lipinski definition) is 4. The highest BCUT2D eigenvalue weighted by Crippen LogP contribution is 2.31. The van der Waals surface area contributed by atoms with E-state index in [2.05, 4.69) is 5.32 Å². The van der Waals surface area contributed by atoms with Crippen molar-refractivity contribution in [2.24, 2.45) is 11.8 Å². The first kappa shape index (κ1) is 19.5. The van der Waals surface area contributed by atoms with E-state index >= 15 is 0 Å². The van der Waals surface area contributed by atoms with Crippen LogP contribution >= 0.6 is 0 Å². The van der Waals surface area contributed by atoms with Crippen molar-refractivity contribution in [2.45, 2.75) is 64.0 Å². The first-order chi connectivity index (χ1) is 13.1. The van der Waals surface area contributed by atoms with Crippen molar-refractivity contribution in [3.8, 4) is 11.5 Å². The zero-order valence-electron chi connectivity index (χ0n) is 15.9. The van der Waals surface area contributed by atoms with Gasteiger partial charge < -0.3 is 19.9 Å². The molecule has 27 heavy (non-hydrogen) atoms. The van der Waals surface area contributed by atoms with Crippen molar-refractivity contribution < 1.29 is 24.2 Å². The van der Waals surface area contributed by atoms with Crippen LogP contribution in [0.5, 0.6) is 11.5 Å². The number of nitrogens with one attached hydrogen (secondary N) is 1. The Morgan fingerprint density at radius 2 is 1.74 bits per heavy atom. The van der Waals surface area contributed by atoms with E-state index in [1.54, 1.807) is 7.11 Å². The summed E-state index contributed by atoms with van der Waals surface area (Å²) in [5.41, 5.74) is 0.940. The molecule has 0 unspecified atom stereocenters. The number of amides is 1. The van der Waals surface area contributed by atoms with Crippen LogP contribution in [0.4, 0.5) is 0 Å². The molecule has 0 heterocycles. The zero-order chi connectivity index (χ0) is 19.2. The van der Waals surface area contributed by atoms with E-state index in [-0.39, 0.29) is 23.8 Å². The molecule has 2 aliphatic rings. The largest absolute Gasteiger partial charge is 0.497 e. The molecule has 0 aromatic heterocycles. The summed E-state index contributed by atoms with van der Waals surface area (Å²) in [6.45, 7) is 0.406. The number of ether oxygens (including phenoxy) is 2. The summed E-state index contributed by atoms with van der Waals surface area (Å²) in [5.74, 6) is 0.364. The molecule has 1 aromatic rings. The fourth-order valence-corrected chi connectivity index (χ4v) is 4.03. The second-order valence-electron chi connectivity index (χ2n) is 7.60. The van der Waals surface area contributed by atoms with Gasteiger partial charge in [-0.3, -0.25) is 9.59 Å². The Morgan fingerprint density at radius 3 is 2.37 bits per heavy atom. The summed E-state index contributed by atoms with van der Waals surface area (Å²) in [6, 6.07) is 5.70. The van der Waals surface area contributed by atoms with Crippen molar-refractivity contribution >= 4 is 11.9 Å². The topological polar surface area (TPSA) is 84.9 Å². The standard InChI is InChI=1S/C21H29NO5/c1-26-18-11-10-16(19(12-18)27-17-4-2-3-5-17)13-22-20(23)14-6-8-15(9-7-14)21(24)25/h10-12,14-15,17H,2-9,13H2,1H3,(H,22,23)(H,24,25). The number of hydrogen-bond donors (Lipinski definition) is 2. The Morgan fingerprint density at radius 1 is 1.07 bits per heavy atom. The van der Waals surface area contributed by atoms with Gasteiger partial charge in [-0.15, -0.1) is 0 Å². The molecule has 1 amide bonds. The minimum Gasteiger partial charge on any atom is -0.497 e. The molecule has 0 radical (unpaired) electrons. The van der Waals surface area contributed by atoms with Gasteiger partial charge in [-0.1, -0.05) is 0 Å². The smallest absolute Gasteiger partial charge is 0.306 e. The van der Waals surface area contributed by atoms with Crippen LogP contribution in [0.15, 0.2) is 18.2 Å². The Balaban J connectivity index is 1.58. The molecule has 2 aliphatic carbocycles. The molecule has 2 fully saturated rings. The van der Waals surface area contributed by atoms with E-state index in [1.807, 2.05) is 18.2 Å². The maximum Gasteiger partial charge on any atom is 0.306 e. The van der Waals surface area contributed by atoms with Gasteiger partial charge in [-0.2, -0.15) is 0 Å². The number of aliphatic carboxylic acids is 1. The van der Waals surface area contributed by atoms with Gasteiger partial charge in [0.1, 0.15) is 11.5 Å². The van der Waals surface area contributed by atoms with Crippen molar-refractivity contribution in [3.63, 3.8) is 0 Å². The molecule has 3 rings (SSSR count). The predicted molar refractivity (Wildman–Crippen MR) is 101 cm³/mol. The second kappa shape index (κ2) is 9.11. The number of benzene rings is 1. The Hall–Kier alpha value is -2.24. The summed E-state index contributed by atoms with van der Waals surface area (Å²) in [7, 11) is 1.63. The molecule has 0 saturated heterocycles. The first-order valence-corrected chi connectivity index (χ1v) is 9.91. The molecule has 0 bridgehead atoms. The summed E-state index contributed by atoms with van der Waals surface area (Å²) < 4.78 is 11.5. The molecule has 0 spiro atoms. The number of carboxylic acids is 1. The maximum absolute atomic E-state index is 12.5. The highest BCUT2D eigenvalue weighted by atomic mass is 16.5. The fourth-order valence-electron chi connectivity index (χ4n) is 4.03. The van der Waals surface area contributed by atoms with Gasteiger partial charge in [-0.05, 0) is 63.5 Å². The van der Waals surface area contributed by atoms with Crippen LogP contribution in [-0.2, 0) is 16.1 Å². The summed E-state index contributed by atoms with van der Waals surface area (Å²) in [6.07, 6.45) is 7.18. The molecule has 6 heteroatoms. The fraction of sp³-hybridized carbons (Fsp3) is 0.619. The molecule has 2 N–H and O–H groups in total. The van der Waals surface area contributed by atoms with Gasteiger partial charge in [0.05, 0.1) is 19.1 Å². The molecule has 0 atom stereocenters. The van der Waals surface area contributed by atoms with E-state index in [0.29, 0.717) is 32.2 Å². The molecule has 148 valence electrons. The van der Waals surface area contributed by atoms with Crippen LogP contribution < -0.4 is 14.8 Å². The molecule has 2 saturated carbocycles. The minimum absolute atomic E-state index is 0.00136. The van der Waals surface area contributed by atoms with Crippen LogP contribution in [0.25, 0.3) is 0 Å². The van der Waals surface area contributed by atoms with E-state index < -0.39 is 5.97 Å².